The zero-order valence-electron chi connectivity index (χ0n) is 15.8. The van der Waals surface area contributed by atoms with Crippen LogP contribution in [-0.2, 0) is 10.0 Å². The Morgan fingerprint density at radius 1 is 1.28 bits per heavy atom. The summed E-state index contributed by atoms with van der Waals surface area (Å²) < 4.78 is 24.8. The molecule has 0 aliphatic carbocycles. The summed E-state index contributed by atoms with van der Waals surface area (Å²) in [7, 11) is -1.19. The molecule has 0 aromatic rings. The van der Waals surface area contributed by atoms with E-state index >= 15 is 0 Å². The van der Waals surface area contributed by atoms with Crippen molar-refractivity contribution in [3.05, 3.63) is 0 Å². The maximum atomic E-state index is 11.6. The fourth-order valence-corrected chi connectivity index (χ4v) is 5.46. The Bertz CT molecular complexity index is 534. The number of nitrogens with zero attached hydrogens (tertiary/aromatic N) is 3. The summed E-state index contributed by atoms with van der Waals surface area (Å²) in [6, 6.07) is 0. The Kier molecular flexibility index (Phi) is 9.84. The summed E-state index contributed by atoms with van der Waals surface area (Å²) in [6.07, 6.45) is 3.13. The summed E-state index contributed by atoms with van der Waals surface area (Å²) in [5, 5.41) is 4.18. The molecule has 9 heteroatoms. The maximum absolute atomic E-state index is 11.6. The van der Waals surface area contributed by atoms with Gasteiger partial charge in [0.2, 0.25) is 10.0 Å². The molecule has 0 bridgehead atoms. The molecule has 2 heterocycles. The second kappa shape index (κ2) is 10.6. The van der Waals surface area contributed by atoms with Crippen LogP contribution >= 0.6 is 35.7 Å². The van der Waals surface area contributed by atoms with Gasteiger partial charge in [-0.2, -0.15) is 11.8 Å². The van der Waals surface area contributed by atoms with Gasteiger partial charge in [0.15, 0.2) is 5.96 Å². The smallest absolute Gasteiger partial charge is 0.211 e. The Hall–Kier alpha value is 0.260. The van der Waals surface area contributed by atoms with Crippen LogP contribution < -0.4 is 5.32 Å². The second-order valence-electron chi connectivity index (χ2n) is 7.13. The molecule has 0 aromatic heterocycles. The maximum Gasteiger partial charge on any atom is 0.211 e. The van der Waals surface area contributed by atoms with Crippen molar-refractivity contribution in [2.24, 2.45) is 16.8 Å². The van der Waals surface area contributed by atoms with E-state index in [4.69, 9.17) is 0 Å². The van der Waals surface area contributed by atoms with Crippen LogP contribution in [0, 0.1) is 11.8 Å². The van der Waals surface area contributed by atoms with Gasteiger partial charge in [-0.1, -0.05) is 13.8 Å². The van der Waals surface area contributed by atoms with Crippen molar-refractivity contribution in [2.45, 2.75) is 31.9 Å². The van der Waals surface area contributed by atoms with Crippen molar-refractivity contribution in [3.8, 4) is 0 Å². The van der Waals surface area contributed by atoms with E-state index in [9.17, 15) is 8.42 Å². The van der Waals surface area contributed by atoms with E-state index in [0.717, 1.165) is 44.2 Å². The topological polar surface area (TPSA) is 65.0 Å². The number of halogens is 1. The van der Waals surface area contributed by atoms with E-state index in [2.05, 4.69) is 40.8 Å². The first-order valence-electron chi connectivity index (χ1n) is 8.83. The summed E-state index contributed by atoms with van der Waals surface area (Å²) >= 11 is 2.06. The van der Waals surface area contributed by atoms with Gasteiger partial charge in [-0.15, -0.1) is 24.0 Å². The van der Waals surface area contributed by atoms with Crippen molar-refractivity contribution in [2.75, 3.05) is 51.8 Å². The molecule has 2 rings (SSSR count). The largest absolute Gasteiger partial charge is 0.356 e. The van der Waals surface area contributed by atoms with Gasteiger partial charge in [-0.3, -0.25) is 4.99 Å². The molecule has 0 saturated carbocycles. The number of guanidine groups is 1. The quantitative estimate of drug-likeness (QED) is 0.360. The lowest BCUT2D eigenvalue weighted by atomic mass is 9.98. The molecule has 0 aromatic carbocycles. The van der Waals surface area contributed by atoms with E-state index < -0.39 is 10.0 Å². The van der Waals surface area contributed by atoms with Gasteiger partial charge in [0, 0.05) is 50.8 Å². The van der Waals surface area contributed by atoms with Crippen molar-refractivity contribution in [3.63, 3.8) is 0 Å². The number of sulfonamides is 1. The first-order chi connectivity index (χ1) is 11.3. The van der Waals surface area contributed by atoms with Crippen LogP contribution in [0.5, 0.6) is 0 Å². The predicted octanol–water partition coefficient (Wildman–Crippen LogP) is 1.92. The zero-order chi connectivity index (χ0) is 17.7. The van der Waals surface area contributed by atoms with E-state index in [-0.39, 0.29) is 24.0 Å². The van der Waals surface area contributed by atoms with Gasteiger partial charge in [0.1, 0.15) is 0 Å². The summed E-state index contributed by atoms with van der Waals surface area (Å²) in [5.41, 5.74) is 0. The minimum absolute atomic E-state index is 0. The highest BCUT2D eigenvalue weighted by atomic mass is 127. The number of aliphatic imine (C=N–C) groups is 1. The Labute approximate surface area is 174 Å². The van der Waals surface area contributed by atoms with Gasteiger partial charge in [0.25, 0.3) is 0 Å². The summed E-state index contributed by atoms with van der Waals surface area (Å²) in [6.45, 7) is 8.81. The standard InChI is InChI=1S/C16H32N4O2S2.HI/c1-13(2)15-12-19(9-10-23-15)16(17-3)18-11-14-5-7-20(8-6-14)24(4,21)22;/h13-15H,5-12H2,1-4H3,(H,17,18);1H. The Morgan fingerprint density at radius 2 is 1.92 bits per heavy atom. The zero-order valence-corrected chi connectivity index (χ0v) is 19.7. The number of hydrogen-bond donors (Lipinski definition) is 1. The molecule has 2 saturated heterocycles. The van der Waals surface area contributed by atoms with Gasteiger partial charge >= 0.3 is 0 Å². The molecule has 2 aliphatic heterocycles. The minimum atomic E-state index is -3.04. The normalized spacial score (nSPS) is 24.3. The van der Waals surface area contributed by atoms with Crippen LogP contribution in [0.15, 0.2) is 4.99 Å². The molecule has 0 radical (unpaired) electrons. The lowest BCUT2D eigenvalue weighted by Crippen LogP contribution is -2.50. The van der Waals surface area contributed by atoms with Crippen LogP contribution in [0.4, 0.5) is 0 Å². The van der Waals surface area contributed by atoms with E-state index in [0.29, 0.717) is 30.2 Å². The molecule has 25 heavy (non-hydrogen) atoms. The van der Waals surface area contributed by atoms with Crippen LogP contribution in [0.1, 0.15) is 26.7 Å². The first kappa shape index (κ1) is 23.3. The van der Waals surface area contributed by atoms with Crippen LogP contribution in [-0.4, -0.2) is 80.6 Å². The van der Waals surface area contributed by atoms with E-state index in [1.165, 1.54) is 6.26 Å². The molecule has 1 N–H and O–H groups in total. The summed E-state index contributed by atoms with van der Waals surface area (Å²) in [5.74, 6) is 3.33. The fourth-order valence-electron chi connectivity index (χ4n) is 3.28. The first-order valence-corrected chi connectivity index (χ1v) is 11.7. The molecule has 1 atom stereocenters. The Balaban J connectivity index is 0.00000312. The monoisotopic (exact) mass is 504 g/mol. The van der Waals surface area contributed by atoms with E-state index in [1.807, 2.05) is 7.05 Å². The molecule has 0 spiro atoms. The third-order valence-corrected chi connectivity index (χ3v) is 7.78. The van der Waals surface area contributed by atoms with Crippen molar-refractivity contribution >= 4 is 51.7 Å². The van der Waals surface area contributed by atoms with Crippen LogP contribution in [0.3, 0.4) is 0 Å². The van der Waals surface area contributed by atoms with E-state index in [1.54, 1.807) is 4.31 Å². The average molecular weight is 505 g/mol. The lowest BCUT2D eigenvalue weighted by molar-refractivity contribution is 0.272. The van der Waals surface area contributed by atoms with Gasteiger partial charge in [-0.25, -0.2) is 12.7 Å². The molecule has 148 valence electrons. The van der Waals surface area contributed by atoms with Crippen LogP contribution in [0.25, 0.3) is 0 Å². The number of piperidine rings is 1. The number of hydrogen-bond acceptors (Lipinski definition) is 4. The molecule has 1 unspecified atom stereocenters. The van der Waals surface area contributed by atoms with Crippen LogP contribution in [0.2, 0.25) is 0 Å². The average Bonchev–Trinajstić information content (AvgIpc) is 2.55. The molecular formula is C16H33IN4O2S2. The predicted molar refractivity (Wildman–Crippen MR) is 119 cm³/mol. The van der Waals surface area contributed by atoms with Gasteiger partial charge in [-0.05, 0) is 24.7 Å². The highest BCUT2D eigenvalue weighted by Crippen LogP contribution is 2.25. The SMILES string of the molecule is CN=C(NCC1CCN(S(C)(=O)=O)CC1)N1CCSC(C(C)C)C1.I. The van der Waals surface area contributed by atoms with Gasteiger partial charge < -0.3 is 10.2 Å². The molecule has 0 amide bonds. The van der Waals surface area contributed by atoms with Crippen molar-refractivity contribution in [1.29, 1.82) is 0 Å². The Morgan fingerprint density at radius 3 is 2.44 bits per heavy atom. The summed E-state index contributed by atoms with van der Waals surface area (Å²) in [4.78, 5) is 6.83. The molecule has 2 fully saturated rings. The van der Waals surface area contributed by atoms with Crippen molar-refractivity contribution in [1.82, 2.24) is 14.5 Å². The molecular weight excluding hydrogens is 471 g/mol. The van der Waals surface area contributed by atoms with Crippen molar-refractivity contribution < 1.29 is 8.42 Å². The molecule has 6 nitrogen and oxygen atoms in total. The van der Waals surface area contributed by atoms with Gasteiger partial charge in [0.05, 0.1) is 6.26 Å². The number of rotatable bonds is 4. The highest BCUT2D eigenvalue weighted by molar-refractivity contribution is 14.0. The lowest BCUT2D eigenvalue weighted by Gasteiger charge is -2.37. The second-order valence-corrected chi connectivity index (χ2v) is 10.5. The fraction of sp³-hybridized carbons (Fsp3) is 0.938. The highest BCUT2D eigenvalue weighted by Gasteiger charge is 2.27. The number of thioether (sulfide) groups is 1. The third kappa shape index (κ3) is 7.06. The third-order valence-electron chi connectivity index (χ3n) is 4.94. The number of nitrogens with one attached hydrogen (secondary N) is 1. The minimum Gasteiger partial charge on any atom is -0.356 e. The molecule has 2 aliphatic rings.